The van der Waals surface area contributed by atoms with E-state index in [1.807, 2.05) is 13.8 Å². The molecule has 0 aromatic carbocycles. The molecule has 0 heterocycles. The Morgan fingerprint density at radius 2 is 2.20 bits per heavy atom. The monoisotopic (exact) mass is 166 g/mol. The fraction of sp³-hybridized carbons (Fsp3) is 0.800. The standard InChI is InChI=1S/C5H10O4S/c1-4(2)3-5(6)9-10(7)8/h4H,3H2,1-2H3,(H,7,8). The zero-order valence-electron chi connectivity index (χ0n) is 5.86. The number of carbonyl (C=O) groups excluding carboxylic acids is 1. The number of hydrogen-bond acceptors (Lipinski definition) is 3. The van der Waals surface area contributed by atoms with Crippen molar-refractivity contribution in [1.82, 2.24) is 0 Å². The van der Waals surface area contributed by atoms with Crippen molar-refractivity contribution in [1.29, 1.82) is 0 Å². The summed E-state index contributed by atoms with van der Waals surface area (Å²) in [7, 11) is 0. The predicted octanol–water partition coefficient (Wildman–Crippen LogP) is 0.712. The van der Waals surface area contributed by atoms with E-state index in [2.05, 4.69) is 4.18 Å². The molecular weight excluding hydrogens is 156 g/mol. The highest BCUT2D eigenvalue weighted by atomic mass is 32.2. The molecule has 0 saturated carbocycles. The molecule has 0 spiro atoms. The maximum absolute atomic E-state index is 10.5. The van der Waals surface area contributed by atoms with Gasteiger partial charge in [0, 0.05) is 6.42 Å². The lowest BCUT2D eigenvalue weighted by atomic mass is 10.1. The fourth-order valence-electron chi connectivity index (χ4n) is 0.447. The highest BCUT2D eigenvalue weighted by Crippen LogP contribution is 2.01. The first-order valence-electron chi connectivity index (χ1n) is 2.84. The van der Waals surface area contributed by atoms with Crippen molar-refractivity contribution in [2.45, 2.75) is 20.3 Å². The van der Waals surface area contributed by atoms with Gasteiger partial charge in [-0.2, -0.15) is 4.21 Å². The molecule has 5 heteroatoms. The molecule has 0 radical (unpaired) electrons. The molecule has 0 amide bonds. The summed E-state index contributed by atoms with van der Waals surface area (Å²) in [5.41, 5.74) is 0. The molecule has 0 aliphatic heterocycles. The van der Waals surface area contributed by atoms with Crippen molar-refractivity contribution in [3.05, 3.63) is 0 Å². The molecule has 1 unspecified atom stereocenters. The summed E-state index contributed by atoms with van der Waals surface area (Å²) in [6, 6.07) is 0. The molecule has 0 fully saturated rings. The number of rotatable bonds is 3. The molecule has 0 aromatic rings. The first kappa shape index (κ1) is 9.58. The lowest BCUT2D eigenvalue weighted by Gasteiger charge is -2.00. The smallest absolute Gasteiger partial charge is 0.343 e. The van der Waals surface area contributed by atoms with Gasteiger partial charge in [0.25, 0.3) is 0 Å². The van der Waals surface area contributed by atoms with Crippen LogP contribution in [-0.4, -0.2) is 14.7 Å². The quantitative estimate of drug-likeness (QED) is 0.627. The maximum Gasteiger partial charge on any atom is 0.360 e. The molecule has 60 valence electrons. The van der Waals surface area contributed by atoms with Gasteiger partial charge in [-0.15, -0.1) is 0 Å². The van der Waals surface area contributed by atoms with E-state index in [4.69, 9.17) is 4.55 Å². The van der Waals surface area contributed by atoms with Crippen LogP contribution in [0.15, 0.2) is 0 Å². The zero-order valence-corrected chi connectivity index (χ0v) is 6.68. The largest absolute Gasteiger partial charge is 0.360 e. The Bertz CT molecular complexity index is 143. The van der Waals surface area contributed by atoms with Gasteiger partial charge in [-0.1, -0.05) is 13.8 Å². The van der Waals surface area contributed by atoms with Crippen molar-refractivity contribution in [3.63, 3.8) is 0 Å². The summed E-state index contributed by atoms with van der Waals surface area (Å²) >= 11 is -2.46. The average molecular weight is 166 g/mol. The Labute approximate surface area is 62.1 Å². The van der Waals surface area contributed by atoms with Crippen LogP contribution in [0.25, 0.3) is 0 Å². The topological polar surface area (TPSA) is 63.6 Å². The van der Waals surface area contributed by atoms with Crippen molar-refractivity contribution in [2.24, 2.45) is 5.92 Å². The molecule has 1 N–H and O–H groups in total. The maximum atomic E-state index is 10.5. The molecule has 10 heavy (non-hydrogen) atoms. The predicted molar refractivity (Wildman–Crippen MR) is 36.3 cm³/mol. The molecule has 0 bridgehead atoms. The van der Waals surface area contributed by atoms with Crippen LogP contribution in [0.4, 0.5) is 0 Å². The van der Waals surface area contributed by atoms with Gasteiger partial charge in [0.1, 0.15) is 0 Å². The molecule has 0 aromatic heterocycles. The summed E-state index contributed by atoms with van der Waals surface area (Å²) in [6.45, 7) is 3.64. The van der Waals surface area contributed by atoms with Crippen LogP contribution in [0.5, 0.6) is 0 Å². The second-order valence-corrected chi connectivity index (χ2v) is 2.87. The third-order valence-electron chi connectivity index (χ3n) is 0.739. The molecule has 0 saturated heterocycles. The van der Waals surface area contributed by atoms with E-state index in [0.717, 1.165) is 0 Å². The average Bonchev–Trinajstić information content (AvgIpc) is 1.58. The van der Waals surface area contributed by atoms with Gasteiger partial charge in [0.2, 0.25) is 0 Å². The van der Waals surface area contributed by atoms with Crippen molar-refractivity contribution in [2.75, 3.05) is 0 Å². The molecule has 0 rings (SSSR count). The van der Waals surface area contributed by atoms with Crippen LogP contribution in [0.2, 0.25) is 0 Å². The lowest BCUT2D eigenvalue weighted by Crippen LogP contribution is -2.08. The van der Waals surface area contributed by atoms with Crippen LogP contribution >= 0.6 is 0 Å². The van der Waals surface area contributed by atoms with Crippen molar-refractivity contribution in [3.8, 4) is 0 Å². The fourth-order valence-corrected chi connectivity index (χ4v) is 0.674. The summed E-state index contributed by atoms with van der Waals surface area (Å²) in [4.78, 5) is 10.5. The minimum absolute atomic E-state index is 0.149. The normalized spacial score (nSPS) is 13.2. The first-order valence-corrected chi connectivity index (χ1v) is 3.87. The molecule has 1 atom stereocenters. The highest BCUT2D eigenvalue weighted by Gasteiger charge is 2.08. The van der Waals surface area contributed by atoms with Gasteiger partial charge in [-0.05, 0) is 5.92 Å². The van der Waals surface area contributed by atoms with Gasteiger partial charge in [-0.3, -0.25) is 9.35 Å². The van der Waals surface area contributed by atoms with Gasteiger partial charge >= 0.3 is 17.3 Å². The minimum atomic E-state index is -2.46. The van der Waals surface area contributed by atoms with E-state index in [0.29, 0.717) is 0 Å². The number of hydrogen-bond donors (Lipinski definition) is 1. The summed E-state index contributed by atoms with van der Waals surface area (Å²) in [5.74, 6) is -0.494. The van der Waals surface area contributed by atoms with E-state index in [9.17, 15) is 9.00 Å². The Kier molecular flexibility index (Phi) is 4.22. The Hall–Kier alpha value is -0.420. The highest BCUT2D eigenvalue weighted by molar-refractivity contribution is 7.74. The first-order chi connectivity index (χ1) is 4.52. The lowest BCUT2D eigenvalue weighted by molar-refractivity contribution is -0.134. The van der Waals surface area contributed by atoms with Crippen LogP contribution in [0, 0.1) is 5.92 Å². The van der Waals surface area contributed by atoms with E-state index in [1.54, 1.807) is 0 Å². The van der Waals surface area contributed by atoms with Gasteiger partial charge in [-0.25, -0.2) is 0 Å². The Morgan fingerprint density at radius 3 is 2.50 bits per heavy atom. The second-order valence-electron chi connectivity index (χ2n) is 2.27. The van der Waals surface area contributed by atoms with E-state index in [1.165, 1.54) is 0 Å². The van der Waals surface area contributed by atoms with Crippen molar-refractivity contribution >= 4 is 17.3 Å². The van der Waals surface area contributed by atoms with E-state index >= 15 is 0 Å². The summed E-state index contributed by atoms with van der Waals surface area (Å²) in [5, 5.41) is 0. The van der Waals surface area contributed by atoms with Crippen molar-refractivity contribution < 1.29 is 17.7 Å². The minimum Gasteiger partial charge on any atom is -0.343 e. The van der Waals surface area contributed by atoms with Crippen LogP contribution < -0.4 is 0 Å². The van der Waals surface area contributed by atoms with E-state index in [-0.39, 0.29) is 12.3 Å². The Balaban J connectivity index is 3.54. The van der Waals surface area contributed by atoms with Crippen LogP contribution in [-0.2, 0) is 20.3 Å². The SMILES string of the molecule is CC(C)CC(=O)OS(=O)O. The Morgan fingerprint density at radius 1 is 1.70 bits per heavy atom. The van der Waals surface area contributed by atoms with E-state index < -0.39 is 17.3 Å². The third-order valence-corrected chi connectivity index (χ3v) is 1.07. The van der Waals surface area contributed by atoms with Gasteiger partial charge in [0.05, 0.1) is 0 Å². The van der Waals surface area contributed by atoms with Crippen LogP contribution in [0.3, 0.4) is 0 Å². The summed E-state index contributed by atoms with van der Waals surface area (Å²) in [6.07, 6.45) is 0.173. The molecular formula is C5H10O4S. The molecule has 0 aliphatic carbocycles. The molecule has 0 aliphatic rings. The van der Waals surface area contributed by atoms with Crippen LogP contribution in [0.1, 0.15) is 20.3 Å². The van der Waals surface area contributed by atoms with Gasteiger partial charge < -0.3 is 4.18 Å². The second kappa shape index (κ2) is 4.40. The molecule has 4 nitrogen and oxygen atoms in total. The number of carbonyl (C=O) groups is 1. The third kappa shape index (κ3) is 5.71. The zero-order chi connectivity index (χ0) is 8.15. The summed E-state index contributed by atoms with van der Waals surface area (Å²) < 4.78 is 21.9. The van der Waals surface area contributed by atoms with Gasteiger partial charge in [0.15, 0.2) is 0 Å².